The summed E-state index contributed by atoms with van der Waals surface area (Å²) in [6, 6.07) is 12.2. The smallest absolute Gasteiger partial charge is 0.231 e. The van der Waals surface area contributed by atoms with Crippen LogP contribution in [0.4, 0.5) is 4.39 Å². The second kappa shape index (κ2) is 8.39. The number of amides is 1. The van der Waals surface area contributed by atoms with Crippen molar-refractivity contribution in [2.75, 3.05) is 27.4 Å². The SMILES string of the molecule is CC(CC(=O)NCC(c1ccc2c(c1)OCO2)N(C)C)c1ccc(F)cc1. The lowest BCUT2D eigenvalue weighted by molar-refractivity contribution is -0.121. The van der Waals surface area contributed by atoms with Gasteiger partial charge in [-0.2, -0.15) is 0 Å². The first kappa shape index (κ1) is 19.2. The van der Waals surface area contributed by atoms with Gasteiger partial charge in [0.25, 0.3) is 0 Å². The predicted molar refractivity (Wildman–Crippen MR) is 101 cm³/mol. The Morgan fingerprint density at radius 1 is 1.11 bits per heavy atom. The number of fused-ring (bicyclic) bond motifs is 1. The summed E-state index contributed by atoms with van der Waals surface area (Å²) in [7, 11) is 3.95. The summed E-state index contributed by atoms with van der Waals surface area (Å²) in [6.07, 6.45) is 0.354. The Morgan fingerprint density at radius 2 is 1.78 bits per heavy atom. The van der Waals surface area contributed by atoms with Crippen LogP contribution < -0.4 is 14.8 Å². The normalized spacial score (nSPS) is 14.9. The summed E-state index contributed by atoms with van der Waals surface area (Å²) < 4.78 is 23.8. The molecule has 2 aromatic carbocycles. The lowest BCUT2D eigenvalue weighted by Crippen LogP contribution is -2.35. The first-order valence-corrected chi connectivity index (χ1v) is 9.02. The number of benzene rings is 2. The third kappa shape index (κ3) is 4.77. The fourth-order valence-corrected chi connectivity index (χ4v) is 3.19. The largest absolute Gasteiger partial charge is 0.454 e. The van der Waals surface area contributed by atoms with Crippen molar-refractivity contribution in [3.05, 3.63) is 59.4 Å². The monoisotopic (exact) mass is 372 g/mol. The second-order valence-electron chi connectivity index (χ2n) is 7.05. The van der Waals surface area contributed by atoms with Crippen molar-refractivity contribution in [1.82, 2.24) is 10.2 Å². The van der Waals surface area contributed by atoms with E-state index in [1.165, 1.54) is 12.1 Å². The minimum absolute atomic E-state index is 0.0181. The maximum atomic E-state index is 13.0. The van der Waals surface area contributed by atoms with Crippen LogP contribution in [0, 0.1) is 5.82 Å². The van der Waals surface area contributed by atoms with Crippen molar-refractivity contribution >= 4 is 5.91 Å². The summed E-state index contributed by atoms with van der Waals surface area (Å²) in [4.78, 5) is 14.4. The van der Waals surface area contributed by atoms with E-state index in [-0.39, 0.29) is 30.5 Å². The summed E-state index contributed by atoms with van der Waals surface area (Å²) >= 11 is 0. The van der Waals surface area contributed by atoms with E-state index in [1.807, 2.05) is 39.2 Å². The molecule has 1 amide bonds. The topological polar surface area (TPSA) is 50.8 Å². The molecule has 27 heavy (non-hydrogen) atoms. The van der Waals surface area contributed by atoms with E-state index >= 15 is 0 Å². The Hall–Kier alpha value is -2.60. The van der Waals surface area contributed by atoms with Crippen LogP contribution in [-0.4, -0.2) is 38.2 Å². The van der Waals surface area contributed by atoms with Crippen LogP contribution in [0.15, 0.2) is 42.5 Å². The Bertz CT molecular complexity index is 793. The third-order valence-corrected chi connectivity index (χ3v) is 4.83. The fraction of sp³-hybridized carbons (Fsp3) is 0.381. The van der Waals surface area contributed by atoms with Crippen LogP contribution >= 0.6 is 0 Å². The number of rotatable bonds is 7. The fourth-order valence-electron chi connectivity index (χ4n) is 3.19. The van der Waals surface area contributed by atoms with Crippen molar-refractivity contribution in [1.29, 1.82) is 0 Å². The summed E-state index contributed by atoms with van der Waals surface area (Å²) in [5, 5.41) is 3.02. The number of ether oxygens (including phenoxy) is 2. The van der Waals surface area contributed by atoms with Gasteiger partial charge in [0, 0.05) is 13.0 Å². The zero-order valence-electron chi connectivity index (χ0n) is 15.9. The molecule has 0 saturated heterocycles. The van der Waals surface area contributed by atoms with Crippen LogP contribution in [0.2, 0.25) is 0 Å². The van der Waals surface area contributed by atoms with Gasteiger partial charge in [0.1, 0.15) is 5.82 Å². The average molecular weight is 372 g/mol. The third-order valence-electron chi connectivity index (χ3n) is 4.83. The maximum absolute atomic E-state index is 13.0. The Morgan fingerprint density at radius 3 is 2.48 bits per heavy atom. The second-order valence-corrected chi connectivity index (χ2v) is 7.05. The molecule has 1 aliphatic rings. The van der Waals surface area contributed by atoms with E-state index in [2.05, 4.69) is 10.2 Å². The number of likely N-dealkylation sites (N-methyl/N-ethyl adjacent to an activating group) is 1. The molecule has 0 aromatic heterocycles. The van der Waals surface area contributed by atoms with E-state index in [0.717, 1.165) is 22.6 Å². The molecule has 3 rings (SSSR count). The lowest BCUT2D eigenvalue weighted by atomic mass is 9.97. The summed E-state index contributed by atoms with van der Waals surface area (Å²) in [5.74, 6) is 1.20. The quantitative estimate of drug-likeness (QED) is 0.809. The van der Waals surface area contributed by atoms with Gasteiger partial charge < -0.3 is 19.7 Å². The molecule has 1 N–H and O–H groups in total. The Kier molecular flexibility index (Phi) is 5.96. The van der Waals surface area contributed by atoms with Gasteiger partial charge in [0.2, 0.25) is 12.7 Å². The molecule has 0 aliphatic carbocycles. The number of nitrogens with one attached hydrogen (secondary N) is 1. The minimum Gasteiger partial charge on any atom is -0.454 e. The van der Waals surface area contributed by atoms with Crippen molar-refractivity contribution < 1.29 is 18.7 Å². The van der Waals surface area contributed by atoms with Gasteiger partial charge in [-0.25, -0.2) is 4.39 Å². The number of carbonyl (C=O) groups is 1. The molecule has 0 bridgehead atoms. The van der Waals surface area contributed by atoms with Gasteiger partial charge in [0.05, 0.1) is 6.04 Å². The predicted octanol–water partition coefficient (Wildman–Crippen LogP) is 3.47. The van der Waals surface area contributed by atoms with E-state index < -0.39 is 0 Å². The highest BCUT2D eigenvalue weighted by Gasteiger charge is 2.20. The highest BCUT2D eigenvalue weighted by atomic mass is 19.1. The molecule has 1 heterocycles. The van der Waals surface area contributed by atoms with E-state index in [0.29, 0.717) is 13.0 Å². The van der Waals surface area contributed by atoms with Crippen LogP contribution in [0.1, 0.15) is 36.4 Å². The van der Waals surface area contributed by atoms with Crippen molar-refractivity contribution in [3.63, 3.8) is 0 Å². The molecule has 1 aliphatic heterocycles. The number of hydrogen-bond acceptors (Lipinski definition) is 4. The van der Waals surface area contributed by atoms with Gasteiger partial charge >= 0.3 is 0 Å². The summed E-state index contributed by atoms with van der Waals surface area (Å²) in [6.45, 7) is 2.69. The molecule has 0 fully saturated rings. The molecule has 0 spiro atoms. The van der Waals surface area contributed by atoms with Crippen molar-refractivity contribution in [2.45, 2.75) is 25.3 Å². The van der Waals surface area contributed by atoms with Crippen molar-refractivity contribution in [3.8, 4) is 11.5 Å². The molecular weight excluding hydrogens is 347 g/mol. The number of halogens is 1. The highest BCUT2D eigenvalue weighted by Crippen LogP contribution is 2.35. The molecule has 6 heteroatoms. The molecular formula is C21H25FN2O3. The van der Waals surface area contributed by atoms with Gasteiger partial charge in [-0.1, -0.05) is 25.1 Å². The molecule has 5 nitrogen and oxygen atoms in total. The zero-order chi connectivity index (χ0) is 19.4. The first-order valence-electron chi connectivity index (χ1n) is 9.02. The standard InChI is InChI=1S/C21H25FN2O3/c1-14(15-4-7-17(22)8-5-15)10-21(25)23-12-18(24(2)3)16-6-9-19-20(11-16)27-13-26-19/h4-9,11,14,18H,10,12-13H2,1-3H3,(H,23,25). The van der Waals surface area contributed by atoms with Gasteiger partial charge in [0.15, 0.2) is 11.5 Å². The van der Waals surface area contributed by atoms with Gasteiger partial charge in [-0.05, 0) is 55.4 Å². The average Bonchev–Trinajstić information content (AvgIpc) is 3.10. The molecule has 0 radical (unpaired) electrons. The molecule has 2 unspecified atom stereocenters. The highest BCUT2D eigenvalue weighted by molar-refractivity contribution is 5.76. The zero-order valence-corrected chi connectivity index (χ0v) is 15.9. The first-order chi connectivity index (χ1) is 12.9. The van der Waals surface area contributed by atoms with Crippen LogP contribution in [0.5, 0.6) is 11.5 Å². The van der Waals surface area contributed by atoms with Gasteiger partial charge in [-0.3, -0.25) is 4.79 Å². The maximum Gasteiger partial charge on any atom is 0.231 e. The van der Waals surface area contributed by atoms with Crippen LogP contribution in [-0.2, 0) is 4.79 Å². The molecule has 144 valence electrons. The molecule has 0 saturated carbocycles. The number of nitrogens with zero attached hydrogens (tertiary/aromatic N) is 1. The van der Waals surface area contributed by atoms with E-state index in [4.69, 9.17) is 9.47 Å². The van der Waals surface area contributed by atoms with Gasteiger partial charge in [-0.15, -0.1) is 0 Å². The summed E-state index contributed by atoms with van der Waals surface area (Å²) in [5.41, 5.74) is 2.00. The lowest BCUT2D eigenvalue weighted by Gasteiger charge is -2.25. The van der Waals surface area contributed by atoms with E-state index in [9.17, 15) is 9.18 Å². The minimum atomic E-state index is -0.270. The Labute approximate surface area is 159 Å². The van der Waals surface area contributed by atoms with E-state index in [1.54, 1.807) is 12.1 Å². The molecule has 2 atom stereocenters. The number of hydrogen-bond donors (Lipinski definition) is 1. The van der Waals surface area contributed by atoms with Crippen LogP contribution in [0.3, 0.4) is 0 Å². The van der Waals surface area contributed by atoms with Crippen LogP contribution in [0.25, 0.3) is 0 Å². The van der Waals surface area contributed by atoms with Crippen molar-refractivity contribution in [2.24, 2.45) is 0 Å². The Balaban J connectivity index is 1.59. The number of carbonyl (C=O) groups excluding carboxylic acids is 1. The molecule has 2 aromatic rings.